The van der Waals surface area contributed by atoms with Gasteiger partial charge < -0.3 is 4.57 Å². The van der Waals surface area contributed by atoms with E-state index in [1.54, 1.807) is 35.3 Å². The Morgan fingerprint density at radius 2 is 2.04 bits per heavy atom. The van der Waals surface area contributed by atoms with Crippen LogP contribution in [0.25, 0.3) is 11.3 Å². The maximum Gasteiger partial charge on any atom is 0.271 e. The molecule has 118 valence electrons. The summed E-state index contributed by atoms with van der Waals surface area (Å²) in [6.45, 7) is 0.941. The molecule has 8 heteroatoms. The Bertz CT molecular complexity index is 925. The maximum absolute atomic E-state index is 12.5. The van der Waals surface area contributed by atoms with E-state index in [0.29, 0.717) is 9.90 Å². The zero-order valence-electron chi connectivity index (χ0n) is 12.0. The number of hydrogen-bond donors (Lipinski definition) is 1. The second-order valence-corrected chi connectivity index (χ2v) is 8.95. The molecule has 1 aromatic carbocycles. The molecule has 3 heterocycles. The molecule has 0 unspecified atom stereocenters. The Morgan fingerprint density at radius 1 is 1.17 bits per heavy atom. The quantitative estimate of drug-likeness (QED) is 0.770. The number of aryl methyl sites for hydroxylation is 1. The van der Waals surface area contributed by atoms with Crippen LogP contribution in [-0.4, -0.2) is 23.7 Å². The number of thioether (sulfide) groups is 1. The average Bonchev–Trinajstić information content (AvgIpc) is 3.24. The summed E-state index contributed by atoms with van der Waals surface area (Å²) in [5, 5.41) is 2.73. The van der Waals surface area contributed by atoms with E-state index in [1.165, 1.54) is 11.3 Å². The number of sulfonamides is 1. The van der Waals surface area contributed by atoms with Crippen LogP contribution in [0.4, 0.5) is 5.69 Å². The third-order valence-electron chi connectivity index (χ3n) is 3.51. The van der Waals surface area contributed by atoms with Gasteiger partial charge in [-0.15, -0.1) is 11.3 Å². The van der Waals surface area contributed by atoms with E-state index in [4.69, 9.17) is 0 Å². The molecule has 5 nitrogen and oxygen atoms in total. The molecule has 0 saturated carbocycles. The Morgan fingerprint density at radius 3 is 2.83 bits per heavy atom. The third kappa shape index (κ3) is 2.77. The van der Waals surface area contributed by atoms with E-state index in [-0.39, 0.29) is 0 Å². The highest BCUT2D eigenvalue weighted by Crippen LogP contribution is 2.33. The Labute approximate surface area is 142 Å². The molecule has 0 atom stereocenters. The van der Waals surface area contributed by atoms with Crippen LogP contribution in [0.2, 0.25) is 0 Å². The zero-order chi connectivity index (χ0) is 15.9. The molecule has 1 aliphatic heterocycles. The van der Waals surface area contributed by atoms with Crippen molar-refractivity contribution in [2.45, 2.75) is 15.9 Å². The van der Waals surface area contributed by atoms with Crippen molar-refractivity contribution < 1.29 is 8.42 Å². The lowest BCUT2D eigenvalue weighted by Crippen LogP contribution is -2.12. The molecule has 2 aromatic heterocycles. The van der Waals surface area contributed by atoms with Crippen molar-refractivity contribution in [2.75, 3.05) is 10.5 Å². The van der Waals surface area contributed by atoms with Crippen LogP contribution in [0.15, 0.2) is 57.3 Å². The summed E-state index contributed by atoms with van der Waals surface area (Å²) >= 11 is 2.91. The lowest BCUT2D eigenvalue weighted by Gasteiger charge is -2.10. The molecule has 1 N–H and O–H groups in total. The zero-order valence-corrected chi connectivity index (χ0v) is 14.4. The number of rotatable bonds is 4. The minimum atomic E-state index is -3.57. The molecule has 3 aromatic rings. The van der Waals surface area contributed by atoms with E-state index in [0.717, 1.165) is 28.7 Å². The minimum Gasteiger partial charge on any atom is -0.325 e. The summed E-state index contributed by atoms with van der Waals surface area (Å²) in [6.07, 6.45) is 1.98. The average molecular weight is 363 g/mol. The highest BCUT2D eigenvalue weighted by atomic mass is 32.2. The van der Waals surface area contributed by atoms with Gasteiger partial charge in [-0.2, -0.15) is 0 Å². The molecule has 0 aliphatic carbocycles. The van der Waals surface area contributed by atoms with E-state index in [2.05, 4.69) is 14.3 Å². The van der Waals surface area contributed by atoms with Crippen molar-refractivity contribution in [3.8, 4) is 11.3 Å². The lowest BCUT2D eigenvalue weighted by molar-refractivity contribution is 0.603. The Hall–Kier alpha value is -1.77. The fourth-order valence-corrected chi connectivity index (χ4v) is 5.46. The number of fused-ring (bicyclic) bond motifs is 1. The first kappa shape index (κ1) is 14.8. The van der Waals surface area contributed by atoms with Gasteiger partial charge >= 0.3 is 0 Å². The van der Waals surface area contributed by atoms with Crippen LogP contribution in [0.3, 0.4) is 0 Å². The number of thiophene rings is 1. The fraction of sp³-hybridized carbons (Fsp3) is 0.133. The number of nitrogens with one attached hydrogen (secondary N) is 1. The van der Waals surface area contributed by atoms with Gasteiger partial charge in [0.15, 0.2) is 5.16 Å². The van der Waals surface area contributed by atoms with E-state index < -0.39 is 10.0 Å². The highest BCUT2D eigenvalue weighted by molar-refractivity contribution is 7.99. The van der Waals surface area contributed by atoms with Gasteiger partial charge in [0.1, 0.15) is 4.21 Å². The largest absolute Gasteiger partial charge is 0.325 e. The van der Waals surface area contributed by atoms with E-state index in [9.17, 15) is 8.42 Å². The normalized spacial score (nSPS) is 13.9. The first-order chi connectivity index (χ1) is 11.1. The summed E-state index contributed by atoms with van der Waals surface area (Å²) in [5.41, 5.74) is 2.12. The molecule has 0 radical (unpaired) electrons. The number of aromatic nitrogens is 2. The molecule has 0 fully saturated rings. The van der Waals surface area contributed by atoms with Gasteiger partial charge in [0.25, 0.3) is 10.0 Å². The summed E-state index contributed by atoms with van der Waals surface area (Å²) < 4.78 is 30.0. The third-order valence-corrected chi connectivity index (χ3v) is 7.24. The molecule has 1 aliphatic rings. The predicted octanol–water partition coefficient (Wildman–Crippen LogP) is 3.52. The van der Waals surface area contributed by atoms with Gasteiger partial charge in [-0.3, -0.25) is 4.72 Å². The van der Waals surface area contributed by atoms with Gasteiger partial charge in [-0.1, -0.05) is 36.0 Å². The standard InChI is InChI=1S/C15H13N3O2S3/c19-23(20,14-6-3-8-21-14)17-12-5-2-1-4-11(12)13-10-18-7-9-22-15(18)16-13/h1-6,8,10,17H,7,9H2. The number of para-hydroxylation sites is 1. The van der Waals surface area contributed by atoms with Gasteiger partial charge in [0, 0.05) is 24.1 Å². The molecular weight excluding hydrogens is 350 g/mol. The number of nitrogens with zero attached hydrogens (tertiary/aromatic N) is 2. The van der Waals surface area contributed by atoms with Gasteiger partial charge in [0.05, 0.1) is 11.4 Å². The van der Waals surface area contributed by atoms with Crippen LogP contribution in [0.1, 0.15) is 0 Å². The predicted molar refractivity (Wildman–Crippen MR) is 93.5 cm³/mol. The topological polar surface area (TPSA) is 64.0 Å². The summed E-state index contributed by atoms with van der Waals surface area (Å²) in [5.74, 6) is 1.04. The maximum atomic E-state index is 12.5. The highest BCUT2D eigenvalue weighted by Gasteiger charge is 2.20. The van der Waals surface area contributed by atoms with Crippen LogP contribution in [-0.2, 0) is 16.6 Å². The molecule has 4 rings (SSSR count). The number of hydrogen-bond acceptors (Lipinski definition) is 5. The SMILES string of the molecule is O=S(=O)(Nc1ccccc1-c1cn2c(n1)SCC2)c1cccs1. The Kier molecular flexibility index (Phi) is 3.67. The van der Waals surface area contributed by atoms with Crippen molar-refractivity contribution in [1.29, 1.82) is 0 Å². The van der Waals surface area contributed by atoms with Gasteiger partial charge in [-0.05, 0) is 17.5 Å². The lowest BCUT2D eigenvalue weighted by atomic mass is 10.1. The molecular formula is C15H13N3O2S3. The van der Waals surface area contributed by atoms with E-state index in [1.807, 2.05) is 24.4 Å². The second-order valence-electron chi connectivity index (χ2n) is 5.03. The first-order valence-corrected chi connectivity index (χ1v) is 10.3. The van der Waals surface area contributed by atoms with Crippen LogP contribution in [0.5, 0.6) is 0 Å². The van der Waals surface area contributed by atoms with Crippen LogP contribution in [0, 0.1) is 0 Å². The van der Waals surface area contributed by atoms with Crippen LogP contribution < -0.4 is 4.72 Å². The van der Waals surface area contributed by atoms with Crippen molar-refractivity contribution in [3.63, 3.8) is 0 Å². The summed E-state index contributed by atoms with van der Waals surface area (Å²) in [7, 11) is -3.57. The van der Waals surface area contributed by atoms with Gasteiger partial charge in [-0.25, -0.2) is 13.4 Å². The molecule has 23 heavy (non-hydrogen) atoms. The minimum absolute atomic E-state index is 0.301. The number of anilines is 1. The van der Waals surface area contributed by atoms with Gasteiger partial charge in [0.2, 0.25) is 0 Å². The van der Waals surface area contributed by atoms with Crippen molar-refractivity contribution >= 4 is 38.8 Å². The molecule has 0 spiro atoms. The molecule has 0 bridgehead atoms. The van der Waals surface area contributed by atoms with Crippen LogP contribution >= 0.6 is 23.1 Å². The number of benzene rings is 1. The number of imidazole rings is 1. The molecule has 0 saturated heterocycles. The second kappa shape index (κ2) is 5.70. The van der Waals surface area contributed by atoms with Crippen molar-refractivity contribution in [2.24, 2.45) is 0 Å². The smallest absolute Gasteiger partial charge is 0.271 e. The monoisotopic (exact) mass is 363 g/mol. The summed E-state index contributed by atoms with van der Waals surface area (Å²) in [4.78, 5) is 4.61. The van der Waals surface area contributed by atoms with Crippen molar-refractivity contribution in [1.82, 2.24) is 9.55 Å². The first-order valence-electron chi connectivity index (χ1n) is 6.99. The van der Waals surface area contributed by atoms with E-state index >= 15 is 0 Å². The van der Waals surface area contributed by atoms with Crippen molar-refractivity contribution in [3.05, 3.63) is 48.0 Å². The fourth-order valence-electron chi connectivity index (χ4n) is 2.45. The summed E-state index contributed by atoms with van der Waals surface area (Å²) in [6, 6.07) is 10.7. The Balaban J connectivity index is 1.73. The molecule has 0 amide bonds.